The molecule has 1 unspecified atom stereocenters. The lowest BCUT2D eigenvalue weighted by Gasteiger charge is -2.41. The molecule has 2 N–H and O–H groups in total. The Labute approximate surface area is 99.0 Å². The first kappa shape index (κ1) is 11.7. The van der Waals surface area contributed by atoms with E-state index in [-0.39, 0.29) is 5.54 Å². The summed E-state index contributed by atoms with van der Waals surface area (Å²) in [7, 11) is 0. The molecule has 0 amide bonds. The van der Waals surface area contributed by atoms with Crippen LogP contribution in [0.25, 0.3) is 0 Å². The maximum atomic E-state index is 6.64. The van der Waals surface area contributed by atoms with E-state index in [0.29, 0.717) is 5.92 Å². The van der Waals surface area contributed by atoms with Gasteiger partial charge in [-0.25, -0.2) is 0 Å². The second kappa shape index (κ2) is 4.58. The highest BCUT2D eigenvalue weighted by atomic mass is 14.8. The molecule has 1 aliphatic carbocycles. The van der Waals surface area contributed by atoms with Crippen molar-refractivity contribution in [2.45, 2.75) is 51.5 Å². The van der Waals surface area contributed by atoms with Crippen molar-refractivity contribution in [2.75, 3.05) is 0 Å². The van der Waals surface area contributed by atoms with Crippen LogP contribution in [0.15, 0.2) is 24.3 Å². The Bertz CT molecular complexity index is 354. The average molecular weight is 217 g/mol. The summed E-state index contributed by atoms with van der Waals surface area (Å²) in [5.74, 6) is 0.667. The third-order valence-corrected chi connectivity index (χ3v) is 4.30. The van der Waals surface area contributed by atoms with Crippen molar-refractivity contribution >= 4 is 0 Å². The zero-order valence-electron chi connectivity index (χ0n) is 10.5. The maximum Gasteiger partial charge on any atom is 0.0226 e. The number of hydrogen-bond acceptors (Lipinski definition) is 1. The van der Waals surface area contributed by atoms with Crippen LogP contribution in [0.3, 0.4) is 0 Å². The van der Waals surface area contributed by atoms with Crippen LogP contribution >= 0.6 is 0 Å². The minimum Gasteiger partial charge on any atom is -0.325 e. The quantitative estimate of drug-likeness (QED) is 0.826. The fourth-order valence-corrected chi connectivity index (χ4v) is 3.23. The monoisotopic (exact) mass is 217 g/mol. The highest BCUT2D eigenvalue weighted by molar-refractivity contribution is 5.32. The van der Waals surface area contributed by atoms with Crippen molar-refractivity contribution in [3.05, 3.63) is 35.4 Å². The molecule has 0 saturated carbocycles. The standard InChI is InChI=1S/C15H23N/c1-3-14(4-2)15(16)10-9-12-7-5-6-8-13(12)11-15/h5-8,14H,3-4,9-11,16H2,1-2H3. The molecule has 1 aromatic rings. The second-order valence-corrected chi connectivity index (χ2v) is 5.19. The molecule has 0 radical (unpaired) electrons. The predicted molar refractivity (Wildman–Crippen MR) is 69.5 cm³/mol. The molecule has 1 heteroatoms. The van der Waals surface area contributed by atoms with Crippen molar-refractivity contribution in [3.8, 4) is 0 Å². The van der Waals surface area contributed by atoms with Crippen LogP contribution in [0, 0.1) is 5.92 Å². The number of aryl methyl sites for hydroxylation is 1. The minimum absolute atomic E-state index is 0.0395. The Morgan fingerprint density at radius 1 is 1.19 bits per heavy atom. The van der Waals surface area contributed by atoms with Gasteiger partial charge in [-0.1, -0.05) is 51.0 Å². The Morgan fingerprint density at radius 3 is 2.44 bits per heavy atom. The first-order chi connectivity index (χ1) is 7.69. The van der Waals surface area contributed by atoms with Gasteiger partial charge in [-0.2, -0.15) is 0 Å². The Hall–Kier alpha value is -0.820. The van der Waals surface area contributed by atoms with Gasteiger partial charge < -0.3 is 5.73 Å². The van der Waals surface area contributed by atoms with E-state index in [0.717, 1.165) is 19.3 Å². The summed E-state index contributed by atoms with van der Waals surface area (Å²) in [6.07, 6.45) is 5.78. The molecule has 1 atom stereocenters. The van der Waals surface area contributed by atoms with E-state index in [1.165, 1.54) is 24.0 Å². The second-order valence-electron chi connectivity index (χ2n) is 5.19. The van der Waals surface area contributed by atoms with Crippen LogP contribution < -0.4 is 5.73 Å². The van der Waals surface area contributed by atoms with Gasteiger partial charge in [0.05, 0.1) is 0 Å². The van der Waals surface area contributed by atoms with Gasteiger partial charge in [-0.05, 0) is 36.3 Å². The van der Waals surface area contributed by atoms with E-state index < -0.39 is 0 Å². The molecule has 0 fully saturated rings. The van der Waals surface area contributed by atoms with Gasteiger partial charge in [0, 0.05) is 5.54 Å². The molecule has 0 spiro atoms. The SMILES string of the molecule is CCC(CC)C1(N)CCc2ccccc2C1. The molecular weight excluding hydrogens is 194 g/mol. The van der Waals surface area contributed by atoms with Gasteiger partial charge in [-0.3, -0.25) is 0 Å². The van der Waals surface area contributed by atoms with Gasteiger partial charge in [0.1, 0.15) is 0 Å². The van der Waals surface area contributed by atoms with Crippen molar-refractivity contribution < 1.29 is 0 Å². The molecule has 16 heavy (non-hydrogen) atoms. The van der Waals surface area contributed by atoms with E-state index in [2.05, 4.69) is 38.1 Å². The number of fused-ring (bicyclic) bond motifs is 1. The first-order valence-corrected chi connectivity index (χ1v) is 6.55. The molecule has 0 aromatic heterocycles. The highest BCUT2D eigenvalue weighted by Gasteiger charge is 2.35. The molecule has 1 nitrogen and oxygen atoms in total. The van der Waals surface area contributed by atoms with Gasteiger partial charge in [0.25, 0.3) is 0 Å². The van der Waals surface area contributed by atoms with Gasteiger partial charge >= 0.3 is 0 Å². The Morgan fingerprint density at radius 2 is 1.81 bits per heavy atom. The maximum absolute atomic E-state index is 6.64. The van der Waals surface area contributed by atoms with Crippen molar-refractivity contribution in [1.82, 2.24) is 0 Å². The number of benzene rings is 1. The summed E-state index contributed by atoms with van der Waals surface area (Å²) in [6, 6.07) is 8.78. The van der Waals surface area contributed by atoms with Crippen molar-refractivity contribution in [2.24, 2.45) is 11.7 Å². The fraction of sp³-hybridized carbons (Fsp3) is 0.600. The number of nitrogens with two attached hydrogens (primary N) is 1. The third-order valence-electron chi connectivity index (χ3n) is 4.30. The van der Waals surface area contributed by atoms with E-state index in [4.69, 9.17) is 5.73 Å². The van der Waals surface area contributed by atoms with Crippen LogP contribution in [0.1, 0.15) is 44.2 Å². The topological polar surface area (TPSA) is 26.0 Å². The van der Waals surface area contributed by atoms with E-state index >= 15 is 0 Å². The van der Waals surface area contributed by atoms with Gasteiger partial charge in [0.2, 0.25) is 0 Å². The number of hydrogen-bond donors (Lipinski definition) is 1. The van der Waals surface area contributed by atoms with Crippen LogP contribution in [-0.4, -0.2) is 5.54 Å². The smallest absolute Gasteiger partial charge is 0.0226 e. The summed E-state index contributed by atoms with van der Waals surface area (Å²) in [6.45, 7) is 4.53. The zero-order chi connectivity index (χ0) is 11.6. The minimum atomic E-state index is 0.0395. The lowest BCUT2D eigenvalue weighted by Crippen LogP contribution is -2.51. The molecule has 0 saturated heterocycles. The lowest BCUT2D eigenvalue weighted by atomic mass is 9.69. The summed E-state index contributed by atoms with van der Waals surface area (Å²) >= 11 is 0. The molecule has 88 valence electrons. The molecule has 2 rings (SSSR count). The first-order valence-electron chi connectivity index (χ1n) is 6.55. The largest absolute Gasteiger partial charge is 0.325 e. The fourth-order valence-electron chi connectivity index (χ4n) is 3.23. The summed E-state index contributed by atoms with van der Waals surface area (Å²) < 4.78 is 0. The molecule has 0 heterocycles. The predicted octanol–water partition coefficient (Wildman–Crippen LogP) is 3.31. The van der Waals surface area contributed by atoms with Gasteiger partial charge in [-0.15, -0.1) is 0 Å². The summed E-state index contributed by atoms with van der Waals surface area (Å²) in [5.41, 5.74) is 9.66. The zero-order valence-corrected chi connectivity index (χ0v) is 10.5. The lowest BCUT2D eigenvalue weighted by molar-refractivity contribution is 0.226. The van der Waals surface area contributed by atoms with Crippen LogP contribution in [0.5, 0.6) is 0 Å². The molecule has 1 aliphatic rings. The molecular formula is C15H23N. The van der Waals surface area contributed by atoms with E-state index in [1.807, 2.05) is 0 Å². The summed E-state index contributed by atoms with van der Waals surface area (Å²) in [4.78, 5) is 0. The Balaban J connectivity index is 2.23. The van der Waals surface area contributed by atoms with Crippen molar-refractivity contribution in [1.29, 1.82) is 0 Å². The van der Waals surface area contributed by atoms with E-state index in [9.17, 15) is 0 Å². The molecule has 1 aromatic carbocycles. The van der Waals surface area contributed by atoms with Gasteiger partial charge in [0.15, 0.2) is 0 Å². The highest BCUT2D eigenvalue weighted by Crippen LogP contribution is 2.35. The average Bonchev–Trinajstić information content (AvgIpc) is 2.30. The normalized spacial score (nSPS) is 24.5. The Kier molecular flexibility index (Phi) is 3.34. The van der Waals surface area contributed by atoms with E-state index in [1.54, 1.807) is 0 Å². The molecule has 0 bridgehead atoms. The van der Waals surface area contributed by atoms with Crippen LogP contribution in [-0.2, 0) is 12.8 Å². The number of rotatable bonds is 3. The summed E-state index contributed by atoms with van der Waals surface area (Å²) in [5, 5.41) is 0. The third kappa shape index (κ3) is 2.01. The molecule has 0 aliphatic heterocycles. The van der Waals surface area contributed by atoms with Crippen LogP contribution in [0.4, 0.5) is 0 Å². The van der Waals surface area contributed by atoms with Crippen molar-refractivity contribution in [3.63, 3.8) is 0 Å². The van der Waals surface area contributed by atoms with Crippen LogP contribution in [0.2, 0.25) is 0 Å².